The van der Waals surface area contributed by atoms with Gasteiger partial charge in [0.2, 0.25) is 0 Å². The second-order valence-corrected chi connectivity index (χ2v) is 10.7. The Bertz CT molecular complexity index is 1750. The van der Waals surface area contributed by atoms with Crippen LogP contribution in [-0.4, -0.2) is 30.1 Å². The molecule has 7 heteroatoms. The smallest absolute Gasteiger partial charge is 0.411 e. The molecule has 0 bridgehead atoms. The van der Waals surface area contributed by atoms with Crippen molar-refractivity contribution in [3.63, 3.8) is 0 Å². The highest BCUT2D eigenvalue weighted by Gasteiger charge is 2.50. The number of hydrogen-bond acceptors (Lipinski definition) is 6. The lowest BCUT2D eigenvalue weighted by molar-refractivity contribution is -0.147. The Morgan fingerprint density at radius 3 is 2.07 bits per heavy atom. The van der Waals surface area contributed by atoms with Gasteiger partial charge in [0.25, 0.3) is 0 Å². The highest BCUT2D eigenvalue weighted by atomic mass is 16.6. The van der Waals surface area contributed by atoms with Crippen LogP contribution in [0.15, 0.2) is 121 Å². The number of amides is 1. The molecular formula is C37H33NO6. The topological polar surface area (TPSA) is 74.3 Å². The molecule has 3 atom stereocenters. The molecule has 0 N–H and O–H groups in total. The first-order chi connectivity index (χ1) is 21.5. The van der Waals surface area contributed by atoms with E-state index in [1.807, 2.05) is 110 Å². The predicted octanol–water partition coefficient (Wildman–Crippen LogP) is 7.79. The summed E-state index contributed by atoms with van der Waals surface area (Å²) in [5, 5.41) is 2.04. The summed E-state index contributed by atoms with van der Waals surface area (Å²) in [6.45, 7) is 2.55. The average molecular weight is 588 g/mol. The molecule has 5 aromatic carbocycles. The van der Waals surface area contributed by atoms with Crippen LogP contribution in [0.5, 0.6) is 11.5 Å². The Morgan fingerprint density at radius 1 is 0.773 bits per heavy atom. The quantitative estimate of drug-likeness (QED) is 0.155. The van der Waals surface area contributed by atoms with E-state index in [9.17, 15) is 9.59 Å². The largest absolute Gasteiger partial charge is 0.485 e. The van der Waals surface area contributed by atoms with Crippen LogP contribution >= 0.6 is 0 Å². The van der Waals surface area contributed by atoms with E-state index in [4.69, 9.17) is 18.9 Å². The molecule has 1 amide bonds. The van der Waals surface area contributed by atoms with Crippen molar-refractivity contribution >= 4 is 22.8 Å². The van der Waals surface area contributed by atoms with E-state index in [1.54, 1.807) is 18.2 Å². The number of ether oxygens (including phenoxy) is 4. The maximum Gasteiger partial charge on any atom is 0.411 e. The van der Waals surface area contributed by atoms with Gasteiger partial charge in [-0.05, 0) is 52.1 Å². The average Bonchev–Trinajstić information content (AvgIpc) is 3.43. The van der Waals surface area contributed by atoms with E-state index in [2.05, 4.69) is 0 Å². The molecular weight excluding hydrogens is 554 g/mol. The van der Waals surface area contributed by atoms with E-state index in [1.165, 1.54) is 12.0 Å². The Hall–Kier alpha value is -5.30. The van der Waals surface area contributed by atoms with E-state index >= 15 is 0 Å². The SMILES string of the molecule is COC(=O)C1C(c2ccc(OCc3ccccc3)c(OCc3ccccc3)c2)OC(=O)N1C(C)c1cccc2ccccc12. The Morgan fingerprint density at radius 2 is 1.39 bits per heavy atom. The lowest BCUT2D eigenvalue weighted by atomic mass is 9.96. The fraction of sp³-hybridized carbons (Fsp3) is 0.189. The molecule has 5 aromatic rings. The highest BCUT2D eigenvalue weighted by molar-refractivity contribution is 5.89. The lowest BCUT2D eigenvalue weighted by Gasteiger charge is -2.29. The standard InChI is InChI=1S/C37H33NO6/c1-25(30-19-11-17-28-16-9-10-18-31(28)30)38-34(36(39)41-2)35(44-37(38)40)29-20-21-32(42-23-26-12-5-3-6-13-26)33(22-29)43-24-27-14-7-4-8-15-27/h3-22,25,34-35H,23-24H2,1-2H3. The zero-order valence-corrected chi connectivity index (χ0v) is 24.6. The summed E-state index contributed by atoms with van der Waals surface area (Å²) < 4.78 is 23.6. The van der Waals surface area contributed by atoms with Crippen LogP contribution in [0, 0.1) is 0 Å². The number of benzene rings is 5. The van der Waals surface area contributed by atoms with Crippen molar-refractivity contribution in [2.24, 2.45) is 0 Å². The van der Waals surface area contributed by atoms with Gasteiger partial charge in [-0.15, -0.1) is 0 Å². The number of hydrogen-bond donors (Lipinski definition) is 0. The van der Waals surface area contributed by atoms with Gasteiger partial charge in [0, 0.05) is 0 Å². The number of fused-ring (bicyclic) bond motifs is 1. The van der Waals surface area contributed by atoms with Crippen molar-refractivity contribution < 1.29 is 28.5 Å². The van der Waals surface area contributed by atoms with Crippen molar-refractivity contribution in [1.29, 1.82) is 0 Å². The number of cyclic esters (lactones) is 1. The summed E-state index contributed by atoms with van der Waals surface area (Å²) in [6.07, 6.45) is -1.52. The highest BCUT2D eigenvalue weighted by Crippen LogP contribution is 2.42. The molecule has 0 saturated carbocycles. The van der Waals surface area contributed by atoms with Crippen molar-refractivity contribution in [1.82, 2.24) is 4.90 Å². The summed E-state index contributed by atoms with van der Waals surface area (Å²) in [5.74, 6) is 0.444. The lowest BCUT2D eigenvalue weighted by Crippen LogP contribution is -2.42. The molecule has 0 aromatic heterocycles. The summed E-state index contributed by atoms with van der Waals surface area (Å²) in [5.41, 5.74) is 3.50. The number of nitrogens with zero attached hydrogens (tertiary/aromatic N) is 1. The summed E-state index contributed by atoms with van der Waals surface area (Å²) >= 11 is 0. The van der Waals surface area contributed by atoms with Crippen LogP contribution in [0.1, 0.15) is 41.3 Å². The van der Waals surface area contributed by atoms with Crippen LogP contribution in [0.4, 0.5) is 4.79 Å². The number of rotatable bonds is 10. The number of methoxy groups -OCH3 is 1. The Labute approximate surface area is 256 Å². The summed E-state index contributed by atoms with van der Waals surface area (Å²) in [4.78, 5) is 28.3. The van der Waals surface area contributed by atoms with Gasteiger partial charge in [-0.1, -0.05) is 109 Å². The van der Waals surface area contributed by atoms with Gasteiger partial charge in [-0.25, -0.2) is 9.59 Å². The van der Waals surface area contributed by atoms with Gasteiger partial charge in [-0.3, -0.25) is 4.90 Å². The fourth-order valence-corrected chi connectivity index (χ4v) is 5.67. The van der Waals surface area contributed by atoms with Gasteiger partial charge >= 0.3 is 12.1 Å². The summed E-state index contributed by atoms with van der Waals surface area (Å²) in [7, 11) is 1.32. The van der Waals surface area contributed by atoms with Crippen molar-refractivity contribution in [2.75, 3.05) is 7.11 Å². The van der Waals surface area contributed by atoms with Crippen LogP contribution in [0.3, 0.4) is 0 Å². The second-order valence-electron chi connectivity index (χ2n) is 10.7. The van der Waals surface area contributed by atoms with Crippen molar-refractivity contribution in [3.05, 3.63) is 144 Å². The first kappa shape index (κ1) is 28.8. The Kier molecular flexibility index (Phi) is 8.46. The molecule has 222 valence electrons. The minimum absolute atomic E-state index is 0.307. The molecule has 6 rings (SSSR count). The molecule has 1 aliphatic heterocycles. The molecule has 0 aliphatic carbocycles. The first-order valence-electron chi connectivity index (χ1n) is 14.6. The third kappa shape index (κ3) is 5.95. The fourth-order valence-electron chi connectivity index (χ4n) is 5.67. The molecule has 1 heterocycles. The third-order valence-electron chi connectivity index (χ3n) is 7.93. The maximum atomic E-state index is 13.5. The zero-order chi connectivity index (χ0) is 30.5. The molecule has 3 unspecified atom stereocenters. The molecule has 44 heavy (non-hydrogen) atoms. The number of esters is 1. The first-order valence-corrected chi connectivity index (χ1v) is 14.6. The van der Waals surface area contributed by atoms with Gasteiger partial charge in [0.1, 0.15) is 13.2 Å². The molecule has 0 spiro atoms. The van der Waals surface area contributed by atoms with E-state index in [-0.39, 0.29) is 0 Å². The monoisotopic (exact) mass is 587 g/mol. The van der Waals surface area contributed by atoms with Gasteiger partial charge in [0.15, 0.2) is 23.6 Å². The van der Waals surface area contributed by atoms with Gasteiger partial charge in [-0.2, -0.15) is 0 Å². The molecule has 1 saturated heterocycles. The van der Waals surface area contributed by atoms with Crippen LogP contribution in [-0.2, 0) is 27.5 Å². The van der Waals surface area contributed by atoms with Crippen LogP contribution in [0.2, 0.25) is 0 Å². The van der Waals surface area contributed by atoms with E-state index < -0.39 is 30.3 Å². The molecule has 7 nitrogen and oxygen atoms in total. The molecule has 1 aliphatic rings. The van der Waals surface area contributed by atoms with Crippen molar-refractivity contribution in [2.45, 2.75) is 38.3 Å². The maximum absolute atomic E-state index is 13.5. The number of carbonyl (C=O) groups excluding carboxylic acids is 2. The zero-order valence-electron chi connectivity index (χ0n) is 24.6. The van der Waals surface area contributed by atoms with E-state index in [0.29, 0.717) is 30.3 Å². The predicted molar refractivity (Wildman–Crippen MR) is 167 cm³/mol. The normalized spacial score (nSPS) is 16.8. The molecule has 0 radical (unpaired) electrons. The third-order valence-corrected chi connectivity index (χ3v) is 7.93. The van der Waals surface area contributed by atoms with Crippen LogP contribution in [0.25, 0.3) is 10.8 Å². The minimum Gasteiger partial charge on any atom is -0.485 e. The number of carbonyl (C=O) groups is 2. The Balaban J connectivity index is 1.33. The van der Waals surface area contributed by atoms with E-state index in [0.717, 1.165) is 27.5 Å². The van der Waals surface area contributed by atoms with Crippen LogP contribution < -0.4 is 9.47 Å². The van der Waals surface area contributed by atoms with Crippen molar-refractivity contribution in [3.8, 4) is 11.5 Å². The second kappa shape index (κ2) is 12.9. The summed E-state index contributed by atoms with van der Waals surface area (Å²) in [6, 6.07) is 37.5. The van der Waals surface area contributed by atoms with Gasteiger partial charge in [0.05, 0.1) is 13.2 Å². The van der Waals surface area contributed by atoms with Gasteiger partial charge < -0.3 is 18.9 Å². The molecule has 1 fully saturated rings. The minimum atomic E-state index is -1.01.